The number of aromatic nitrogens is 6. The van der Waals surface area contributed by atoms with Crippen molar-refractivity contribution in [3.63, 3.8) is 0 Å². The predicted octanol–water partition coefficient (Wildman–Crippen LogP) is 1.49. The Hall–Kier alpha value is -2.29. The third kappa shape index (κ3) is 2.52. The summed E-state index contributed by atoms with van der Waals surface area (Å²) in [5.41, 5.74) is 0.498. The standard InChI is InChI=1S/C19H27N7O2/c1-17(2,3)25-11-14(10-21-25)15-18(6-8-28-9-7-18)12-24(15)16(27)19(4-5-19)26-13-20-22-23-26/h10-11,13,15H,4-9,12H2,1-3H3. The van der Waals surface area contributed by atoms with Gasteiger partial charge in [0.1, 0.15) is 11.9 Å². The molecule has 3 fully saturated rings. The topological polar surface area (TPSA) is 91.0 Å². The molecule has 3 aliphatic rings. The summed E-state index contributed by atoms with van der Waals surface area (Å²) in [6, 6.07) is 0.0361. The van der Waals surface area contributed by atoms with Crippen LogP contribution in [0.1, 0.15) is 58.1 Å². The van der Waals surface area contributed by atoms with Crippen molar-refractivity contribution in [1.82, 2.24) is 34.9 Å². The second-order valence-electron chi connectivity index (χ2n) is 9.49. The average molecular weight is 385 g/mol. The summed E-state index contributed by atoms with van der Waals surface area (Å²) in [6.07, 6.45) is 9.12. The van der Waals surface area contributed by atoms with Gasteiger partial charge in [0.15, 0.2) is 0 Å². The van der Waals surface area contributed by atoms with E-state index in [2.05, 4.69) is 47.6 Å². The van der Waals surface area contributed by atoms with Gasteiger partial charge in [-0.1, -0.05) is 0 Å². The SMILES string of the molecule is CC(C)(C)n1cc(C2N(C(=O)C3(n4cnnn4)CC3)CC23CCOCC3)cn1. The van der Waals surface area contributed by atoms with Crippen LogP contribution in [0.2, 0.25) is 0 Å². The molecule has 2 saturated heterocycles. The highest BCUT2D eigenvalue weighted by Crippen LogP contribution is 2.57. The van der Waals surface area contributed by atoms with E-state index in [0.29, 0.717) is 0 Å². The second-order valence-corrected chi connectivity index (χ2v) is 9.49. The van der Waals surface area contributed by atoms with Crippen molar-refractivity contribution in [3.05, 3.63) is 24.3 Å². The first-order chi connectivity index (χ1) is 13.4. The van der Waals surface area contributed by atoms with Gasteiger partial charge in [0, 0.05) is 36.9 Å². The quantitative estimate of drug-likeness (QED) is 0.795. The molecule has 2 aliphatic heterocycles. The van der Waals surface area contributed by atoms with E-state index in [0.717, 1.165) is 51.0 Å². The van der Waals surface area contributed by atoms with Gasteiger partial charge in [-0.05, 0) is 56.9 Å². The van der Waals surface area contributed by atoms with Gasteiger partial charge in [-0.15, -0.1) is 5.10 Å². The Morgan fingerprint density at radius 3 is 2.54 bits per heavy atom. The van der Waals surface area contributed by atoms with E-state index < -0.39 is 5.54 Å². The molecule has 150 valence electrons. The Morgan fingerprint density at radius 1 is 1.21 bits per heavy atom. The van der Waals surface area contributed by atoms with E-state index in [-0.39, 0.29) is 22.9 Å². The number of hydrogen-bond acceptors (Lipinski definition) is 6. The molecule has 1 amide bonds. The summed E-state index contributed by atoms with van der Waals surface area (Å²) < 4.78 is 9.25. The first-order valence-corrected chi connectivity index (χ1v) is 10.0. The van der Waals surface area contributed by atoms with Gasteiger partial charge in [0.25, 0.3) is 5.91 Å². The minimum Gasteiger partial charge on any atom is -0.381 e. The molecule has 9 heteroatoms. The number of carbonyl (C=O) groups excluding carboxylic acids is 1. The molecule has 0 aromatic carbocycles. The van der Waals surface area contributed by atoms with Crippen LogP contribution in [0.5, 0.6) is 0 Å². The molecule has 1 aliphatic carbocycles. The number of ether oxygens (including phenoxy) is 1. The Morgan fingerprint density at radius 2 is 1.96 bits per heavy atom. The van der Waals surface area contributed by atoms with Crippen molar-refractivity contribution in [2.45, 2.75) is 63.6 Å². The molecular formula is C19H27N7O2. The highest BCUT2D eigenvalue weighted by Gasteiger charge is 2.63. The van der Waals surface area contributed by atoms with E-state index >= 15 is 0 Å². The van der Waals surface area contributed by atoms with Crippen molar-refractivity contribution in [3.8, 4) is 0 Å². The minimum atomic E-state index is -0.603. The van der Waals surface area contributed by atoms with E-state index in [4.69, 9.17) is 4.74 Å². The molecule has 5 rings (SSSR count). The van der Waals surface area contributed by atoms with Crippen LogP contribution >= 0.6 is 0 Å². The highest BCUT2D eigenvalue weighted by molar-refractivity contribution is 5.88. The maximum Gasteiger partial charge on any atom is 0.251 e. The fraction of sp³-hybridized carbons (Fsp3) is 0.737. The monoisotopic (exact) mass is 385 g/mol. The number of likely N-dealkylation sites (tertiary alicyclic amines) is 1. The van der Waals surface area contributed by atoms with Crippen LogP contribution in [0.4, 0.5) is 0 Å². The summed E-state index contributed by atoms with van der Waals surface area (Å²) in [5.74, 6) is 0.130. The zero-order valence-corrected chi connectivity index (χ0v) is 16.7. The lowest BCUT2D eigenvalue weighted by Crippen LogP contribution is -2.64. The molecule has 0 radical (unpaired) electrons. The Labute approximate surface area is 164 Å². The molecule has 0 bridgehead atoms. The van der Waals surface area contributed by atoms with Crippen LogP contribution < -0.4 is 0 Å². The summed E-state index contributed by atoms with van der Waals surface area (Å²) in [7, 11) is 0. The van der Waals surface area contributed by atoms with Gasteiger partial charge in [-0.2, -0.15) is 5.10 Å². The van der Waals surface area contributed by atoms with Crippen molar-refractivity contribution >= 4 is 5.91 Å². The lowest BCUT2D eigenvalue weighted by Gasteiger charge is -2.59. The average Bonchev–Trinajstić information content (AvgIpc) is 3.07. The smallest absolute Gasteiger partial charge is 0.251 e. The first-order valence-electron chi connectivity index (χ1n) is 10.0. The molecule has 4 heterocycles. The van der Waals surface area contributed by atoms with Crippen LogP contribution in [0, 0.1) is 5.41 Å². The summed E-state index contributed by atoms with van der Waals surface area (Å²) >= 11 is 0. The summed E-state index contributed by atoms with van der Waals surface area (Å²) in [5, 5.41) is 16.1. The zero-order valence-electron chi connectivity index (χ0n) is 16.7. The van der Waals surface area contributed by atoms with E-state index in [1.807, 2.05) is 15.8 Å². The normalized spacial score (nSPS) is 25.5. The van der Waals surface area contributed by atoms with E-state index in [9.17, 15) is 4.79 Å². The van der Waals surface area contributed by atoms with E-state index in [1.165, 1.54) is 0 Å². The maximum atomic E-state index is 13.6. The van der Waals surface area contributed by atoms with Crippen LogP contribution in [0.25, 0.3) is 0 Å². The predicted molar refractivity (Wildman–Crippen MR) is 99.2 cm³/mol. The fourth-order valence-corrected chi connectivity index (χ4v) is 4.80. The maximum absolute atomic E-state index is 13.6. The summed E-state index contributed by atoms with van der Waals surface area (Å²) in [6.45, 7) is 8.68. The summed E-state index contributed by atoms with van der Waals surface area (Å²) in [4.78, 5) is 15.6. The minimum absolute atomic E-state index is 0.0361. The van der Waals surface area contributed by atoms with Crippen molar-refractivity contribution in [1.29, 1.82) is 0 Å². The van der Waals surface area contributed by atoms with Crippen LogP contribution in [-0.4, -0.2) is 60.6 Å². The molecule has 1 atom stereocenters. The van der Waals surface area contributed by atoms with Crippen LogP contribution in [-0.2, 0) is 20.6 Å². The Kier molecular flexibility index (Phi) is 3.72. The fourth-order valence-electron chi connectivity index (χ4n) is 4.80. The molecule has 28 heavy (non-hydrogen) atoms. The van der Waals surface area contributed by atoms with Gasteiger partial charge in [0.05, 0.1) is 17.8 Å². The highest BCUT2D eigenvalue weighted by atomic mass is 16.5. The van der Waals surface area contributed by atoms with Gasteiger partial charge in [0.2, 0.25) is 0 Å². The molecule has 2 aromatic heterocycles. The molecule has 0 N–H and O–H groups in total. The number of rotatable bonds is 3. The molecule has 1 saturated carbocycles. The lowest BCUT2D eigenvalue weighted by atomic mass is 9.64. The van der Waals surface area contributed by atoms with Crippen LogP contribution in [0.15, 0.2) is 18.7 Å². The largest absolute Gasteiger partial charge is 0.381 e. The van der Waals surface area contributed by atoms with Gasteiger partial charge in [-0.3, -0.25) is 9.48 Å². The van der Waals surface area contributed by atoms with Gasteiger partial charge < -0.3 is 9.64 Å². The van der Waals surface area contributed by atoms with E-state index in [1.54, 1.807) is 11.0 Å². The number of hydrogen-bond donors (Lipinski definition) is 0. The molecule has 9 nitrogen and oxygen atoms in total. The Bertz CT molecular complexity index is 872. The number of carbonyl (C=O) groups is 1. The van der Waals surface area contributed by atoms with Gasteiger partial charge in [-0.25, -0.2) is 4.68 Å². The Balaban J connectivity index is 1.48. The van der Waals surface area contributed by atoms with Crippen molar-refractivity contribution in [2.75, 3.05) is 19.8 Å². The first kappa shape index (κ1) is 17.8. The van der Waals surface area contributed by atoms with Crippen molar-refractivity contribution < 1.29 is 9.53 Å². The third-order valence-corrected chi connectivity index (χ3v) is 6.64. The molecule has 1 spiro atoms. The second kappa shape index (κ2) is 5.85. The molecular weight excluding hydrogens is 358 g/mol. The van der Waals surface area contributed by atoms with Crippen molar-refractivity contribution in [2.24, 2.45) is 5.41 Å². The third-order valence-electron chi connectivity index (χ3n) is 6.64. The van der Waals surface area contributed by atoms with Gasteiger partial charge >= 0.3 is 0 Å². The number of nitrogens with zero attached hydrogens (tertiary/aromatic N) is 7. The lowest BCUT2D eigenvalue weighted by molar-refractivity contribution is -0.174. The molecule has 2 aromatic rings. The zero-order chi connectivity index (χ0) is 19.6. The number of tetrazole rings is 1. The number of amides is 1. The molecule has 1 unspecified atom stereocenters. The van der Waals surface area contributed by atoms with Crippen LogP contribution in [0.3, 0.4) is 0 Å².